The molecule has 3 heteroatoms. The molecule has 0 aliphatic heterocycles. The Morgan fingerprint density at radius 2 is 2.07 bits per heavy atom. The van der Waals surface area contributed by atoms with Gasteiger partial charge in [-0.2, -0.15) is 0 Å². The number of rotatable bonds is 6. The van der Waals surface area contributed by atoms with E-state index in [4.69, 9.17) is 5.11 Å². The Balaban J connectivity index is 2.30. The molecule has 1 aromatic carbocycles. The van der Waals surface area contributed by atoms with Crippen LogP contribution in [0.15, 0.2) is 30.3 Å². The number of nitrogens with one attached hydrogen (secondary N) is 1. The van der Waals surface area contributed by atoms with E-state index in [1.165, 1.54) is 5.56 Å². The smallest absolute Gasteiger partial charge is 0.320 e. The quantitative estimate of drug-likeness (QED) is 0.746. The summed E-state index contributed by atoms with van der Waals surface area (Å²) in [6, 6.07) is 9.62. The molecular weight excluding hydrogens is 190 g/mol. The summed E-state index contributed by atoms with van der Waals surface area (Å²) < 4.78 is 0. The van der Waals surface area contributed by atoms with Crippen LogP contribution in [-0.2, 0) is 11.2 Å². The van der Waals surface area contributed by atoms with Crippen LogP contribution in [0.2, 0.25) is 0 Å². The van der Waals surface area contributed by atoms with Gasteiger partial charge >= 0.3 is 5.97 Å². The first-order valence-electron chi connectivity index (χ1n) is 5.24. The van der Waals surface area contributed by atoms with Gasteiger partial charge in [-0.3, -0.25) is 4.79 Å². The minimum Gasteiger partial charge on any atom is -0.480 e. The fourth-order valence-electron chi connectivity index (χ4n) is 1.44. The monoisotopic (exact) mass is 207 g/mol. The summed E-state index contributed by atoms with van der Waals surface area (Å²) in [5, 5.41) is 11.8. The van der Waals surface area contributed by atoms with E-state index in [1.807, 2.05) is 37.3 Å². The highest BCUT2D eigenvalue weighted by atomic mass is 16.4. The SMILES string of the molecule is CCC(NCCc1ccccc1)C(=O)O. The van der Waals surface area contributed by atoms with Gasteiger partial charge in [-0.05, 0) is 24.9 Å². The molecule has 1 atom stereocenters. The van der Waals surface area contributed by atoms with Gasteiger partial charge < -0.3 is 10.4 Å². The predicted octanol–water partition coefficient (Wildman–Crippen LogP) is 1.68. The molecule has 0 fully saturated rings. The first kappa shape index (κ1) is 11.7. The van der Waals surface area contributed by atoms with Gasteiger partial charge in [-0.15, -0.1) is 0 Å². The van der Waals surface area contributed by atoms with E-state index in [1.54, 1.807) is 0 Å². The molecule has 82 valence electrons. The molecule has 0 radical (unpaired) electrons. The summed E-state index contributed by atoms with van der Waals surface area (Å²) in [5.74, 6) is -0.773. The zero-order valence-electron chi connectivity index (χ0n) is 8.94. The maximum atomic E-state index is 10.7. The van der Waals surface area contributed by atoms with E-state index in [0.717, 1.165) is 6.42 Å². The number of hydrogen-bond acceptors (Lipinski definition) is 2. The van der Waals surface area contributed by atoms with Crippen LogP contribution in [0.4, 0.5) is 0 Å². The van der Waals surface area contributed by atoms with Crippen LogP contribution >= 0.6 is 0 Å². The lowest BCUT2D eigenvalue weighted by Gasteiger charge is -2.11. The Morgan fingerprint density at radius 3 is 2.60 bits per heavy atom. The highest BCUT2D eigenvalue weighted by Gasteiger charge is 2.12. The number of hydrogen-bond donors (Lipinski definition) is 2. The van der Waals surface area contributed by atoms with Gasteiger partial charge in [-0.1, -0.05) is 37.3 Å². The summed E-state index contributed by atoms with van der Waals surface area (Å²) in [4.78, 5) is 10.7. The van der Waals surface area contributed by atoms with Crippen molar-refractivity contribution in [3.05, 3.63) is 35.9 Å². The van der Waals surface area contributed by atoms with E-state index in [0.29, 0.717) is 13.0 Å². The topological polar surface area (TPSA) is 49.3 Å². The second-order valence-electron chi connectivity index (χ2n) is 3.49. The molecule has 0 aliphatic rings. The van der Waals surface area contributed by atoms with E-state index >= 15 is 0 Å². The first-order chi connectivity index (χ1) is 7.24. The minimum atomic E-state index is -0.773. The molecule has 0 aromatic heterocycles. The third kappa shape index (κ3) is 4.13. The van der Waals surface area contributed by atoms with Crippen molar-refractivity contribution in [3.8, 4) is 0 Å². The molecule has 15 heavy (non-hydrogen) atoms. The van der Waals surface area contributed by atoms with Crippen LogP contribution in [-0.4, -0.2) is 23.7 Å². The maximum Gasteiger partial charge on any atom is 0.320 e. The van der Waals surface area contributed by atoms with Crippen LogP contribution in [0.3, 0.4) is 0 Å². The Kier molecular flexibility index (Phi) is 4.84. The van der Waals surface area contributed by atoms with Crippen molar-refractivity contribution in [1.82, 2.24) is 5.32 Å². The minimum absolute atomic E-state index is 0.422. The summed E-state index contributed by atoms with van der Waals surface area (Å²) in [5.41, 5.74) is 1.23. The maximum absolute atomic E-state index is 10.7. The molecule has 0 saturated carbocycles. The van der Waals surface area contributed by atoms with E-state index in [2.05, 4.69) is 5.32 Å². The zero-order valence-corrected chi connectivity index (χ0v) is 8.94. The molecule has 1 unspecified atom stereocenters. The van der Waals surface area contributed by atoms with Crippen LogP contribution < -0.4 is 5.32 Å². The number of aliphatic carboxylic acids is 1. The van der Waals surface area contributed by atoms with Gasteiger partial charge in [0, 0.05) is 0 Å². The van der Waals surface area contributed by atoms with Gasteiger partial charge in [0.25, 0.3) is 0 Å². The molecule has 0 aliphatic carbocycles. The number of carboxylic acids is 1. The molecule has 1 aromatic rings. The fourth-order valence-corrected chi connectivity index (χ4v) is 1.44. The molecule has 2 N–H and O–H groups in total. The Bertz CT molecular complexity index is 298. The van der Waals surface area contributed by atoms with Crippen molar-refractivity contribution in [2.75, 3.05) is 6.54 Å². The zero-order chi connectivity index (χ0) is 11.1. The standard InChI is InChI=1S/C12H17NO2/c1-2-11(12(14)15)13-9-8-10-6-4-3-5-7-10/h3-7,11,13H,2,8-9H2,1H3,(H,14,15). The highest BCUT2D eigenvalue weighted by Crippen LogP contribution is 1.99. The lowest BCUT2D eigenvalue weighted by Crippen LogP contribution is -2.37. The number of carboxylic acid groups (broad SMARTS) is 1. The van der Waals surface area contributed by atoms with Crippen molar-refractivity contribution in [2.45, 2.75) is 25.8 Å². The van der Waals surface area contributed by atoms with Gasteiger partial charge in [0.15, 0.2) is 0 Å². The summed E-state index contributed by atoms with van der Waals surface area (Å²) in [7, 11) is 0. The van der Waals surface area contributed by atoms with Crippen LogP contribution in [0.5, 0.6) is 0 Å². The normalized spacial score (nSPS) is 12.3. The van der Waals surface area contributed by atoms with Gasteiger partial charge in [0.1, 0.15) is 6.04 Å². The average Bonchev–Trinajstić information content (AvgIpc) is 2.25. The van der Waals surface area contributed by atoms with Crippen LogP contribution in [0, 0.1) is 0 Å². The summed E-state index contributed by atoms with van der Waals surface area (Å²) in [6.07, 6.45) is 1.48. The highest BCUT2D eigenvalue weighted by molar-refractivity contribution is 5.73. The van der Waals surface area contributed by atoms with Crippen molar-refractivity contribution >= 4 is 5.97 Å². The molecule has 0 bridgehead atoms. The number of carbonyl (C=O) groups is 1. The van der Waals surface area contributed by atoms with E-state index < -0.39 is 12.0 Å². The molecule has 0 heterocycles. The predicted molar refractivity (Wildman–Crippen MR) is 59.9 cm³/mol. The lowest BCUT2D eigenvalue weighted by molar-refractivity contribution is -0.139. The molecule has 3 nitrogen and oxygen atoms in total. The van der Waals surface area contributed by atoms with Crippen molar-refractivity contribution in [2.24, 2.45) is 0 Å². The first-order valence-corrected chi connectivity index (χ1v) is 5.24. The molecule has 1 rings (SSSR count). The lowest BCUT2D eigenvalue weighted by atomic mass is 10.1. The van der Waals surface area contributed by atoms with Crippen LogP contribution in [0.1, 0.15) is 18.9 Å². The van der Waals surface area contributed by atoms with E-state index in [9.17, 15) is 4.79 Å². The van der Waals surface area contributed by atoms with Gasteiger partial charge in [0.05, 0.1) is 0 Å². The summed E-state index contributed by atoms with van der Waals surface area (Å²) >= 11 is 0. The second-order valence-corrected chi connectivity index (χ2v) is 3.49. The number of benzene rings is 1. The van der Waals surface area contributed by atoms with Crippen molar-refractivity contribution in [1.29, 1.82) is 0 Å². The Labute approximate surface area is 90.1 Å². The molecular formula is C12H17NO2. The van der Waals surface area contributed by atoms with Gasteiger partial charge in [0.2, 0.25) is 0 Å². The Morgan fingerprint density at radius 1 is 1.40 bits per heavy atom. The summed E-state index contributed by atoms with van der Waals surface area (Å²) in [6.45, 7) is 2.57. The third-order valence-electron chi connectivity index (χ3n) is 2.35. The second kappa shape index (κ2) is 6.19. The van der Waals surface area contributed by atoms with Crippen molar-refractivity contribution in [3.63, 3.8) is 0 Å². The average molecular weight is 207 g/mol. The van der Waals surface area contributed by atoms with Gasteiger partial charge in [-0.25, -0.2) is 0 Å². The molecule has 0 amide bonds. The van der Waals surface area contributed by atoms with Crippen LogP contribution in [0.25, 0.3) is 0 Å². The largest absolute Gasteiger partial charge is 0.480 e. The molecule has 0 saturated heterocycles. The van der Waals surface area contributed by atoms with E-state index in [-0.39, 0.29) is 0 Å². The molecule has 0 spiro atoms. The fraction of sp³-hybridized carbons (Fsp3) is 0.417. The third-order valence-corrected chi connectivity index (χ3v) is 2.35. The van der Waals surface area contributed by atoms with Crippen molar-refractivity contribution < 1.29 is 9.90 Å². The Hall–Kier alpha value is -1.35.